The third-order valence-corrected chi connectivity index (χ3v) is 6.21. The number of carbonyl (C=O) groups excluding carboxylic acids is 1. The maximum absolute atomic E-state index is 12.4. The number of nitrogens with two attached hydrogens (primary N) is 2. The molecule has 1 fully saturated rings. The van der Waals surface area contributed by atoms with Crippen molar-refractivity contribution in [2.45, 2.75) is 32.7 Å². The summed E-state index contributed by atoms with van der Waals surface area (Å²) in [5.74, 6) is 2.00. The van der Waals surface area contributed by atoms with E-state index in [-0.39, 0.29) is 11.9 Å². The molecular formula is C23H34BrN8O+. The molecule has 2 aromatic rings. The molecule has 0 saturated heterocycles. The lowest BCUT2D eigenvalue weighted by molar-refractivity contribution is -0.365. The van der Waals surface area contributed by atoms with Crippen molar-refractivity contribution in [3.8, 4) is 0 Å². The number of carbonyl (C=O) groups is 1. The van der Waals surface area contributed by atoms with E-state index in [0.29, 0.717) is 35.6 Å². The fraction of sp³-hybridized carbons (Fsp3) is 0.435. The summed E-state index contributed by atoms with van der Waals surface area (Å²) in [5.41, 5.74) is 13.6. The van der Waals surface area contributed by atoms with Gasteiger partial charge in [-0.05, 0) is 78.1 Å². The summed E-state index contributed by atoms with van der Waals surface area (Å²) >= 11 is 3.47. The first-order chi connectivity index (χ1) is 15.9. The number of hydrogen-bond donors (Lipinski definition) is 5. The molecule has 0 radical (unpaired) electrons. The van der Waals surface area contributed by atoms with Crippen LogP contribution in [0.4, 0.5) is 17.5 Å². The number of nitrogens with zero attached hydrogens (tertiary/aromatic N) is 2. The number of anilines is 3. The van der Waals surface area contributed by atoms with Gasteiger partial charge in [0.05, 0.1) is 11.9 Å². The van der Waals surface area contributed by atoms with Crippen molar-refractivity contribution >= 4 is 39.3 Å². The Kier molecular flexibility index (Phi) is 9.04. The third-order valence-electron chi connectivity index (χ3n) is 5.60. The first-order valence-corrected chi connectivity index (χ1v) is 12.1. The molecule has 1 aromatic heterocycles. The molecule has 8 N–H and O–H groups in total. The molecule has 10 heteroatoms. The summed E-state index contributed by atoms with van der Waals surface area (Å²) in [6.07, 6.45) is 5.90. The van der Waals surface area contributed by atoms with Crippen LogP contribution in [0.5, 0.6) is 0 Å². The van der Waals surface area contributed by atoms with Gasteiger partial charge in [0.15, 0.2) is 0 Å². The van der Waals surface area contributed by atoms with Crippen LogP contribution in [0.1, 0.15) is 37.0 Å². The molecule has 0 spiro atoms. The van der Waals surface area contributed by atoms with E-state index in [1.807, 2.05) is 18.2 Å². The maximum atomic E-state index is 12.4. The number of benzene rings is 1. The van der Waals surface area contributed by atoms with Gasteiger partial charge >= 0.3 is 5.95 Å². The highest BCUT2D eigenvalue weighted by Crippen LogP contribution is 2.32. The minimum Gasteiger partial charge on any atom is -0.385 e. The number of H-pyrrole nitrogens is 1. The van der Waals surface area contributed by atoms with E-state index in [9.17, 15) is 4.79 Å². The van der Waals surface area contributed by atoms with Gasteiger partial charge in [-0.2, -0.15) is 0 Å². The largest absolute Gasteiger partial charge is 0.396 e. The van der Waals surface area contributed by atoms with E-state index in [1.54, 1.807) is 18.3 Å². The summed E-state index contributed by atoms with van der Waals surface area (Å²) in [6, 6.07) is 7.21. The van der Waals surface area contributed by atoms with Gasteiger partial charge < -0.3 is 27.0 Å². The summed E-state index contributed by atoms with van der Waals surface area (Å²) in [5, 5.41) is 9.26. The molecule has 1 unspecified atom stereocenters. The lowest BCUT2D eigenvalue weighted by Gasteiger charge is -2.17. The normalized spacial score (nSPS) is 14.8. The maximum Gasteiger partial charge on any atom is 0.396 e. The first-order valence-electron chi connectivity index (χ1n) is 11.3. The average molecular weight is 518 g/mol. The topological polar surface area (TPSA) is 135 Å². The van der Waals surface area contributed by atoms with Gasteiger partial charge in [0.25, 0.3) is 5.91 Å². The Labute approximate surface area is 203 Å². The number of likely N-dealkylation sites (N-methyl/N-ethyl adjacent to an activating group) is 1. The van der Waals surface area contributed by atoms with Crippen LogP contribution in [-0.4, -0.2) is 48.0 Å². The second-order valence-corrected chi connectivity index (χ2v) is 8.95. The zero-order valence-corrected chi connectivity index (χ0v) is 20.8. The van der Waals surface area contributed by atoms with E-state index in [1.165, 1.54) is 0 Å². The number of halogens is 1. The zero-order valence-electron chi connectivity index (χ0n) is 19.2. The molecule has 0 aliphatic heterocycles. The summed E-state index contributed by atoms with van der Waals surface area (Å²) in [4.78, 5) is 22.3. The summed E-state index contributed by atoms with van der Waals surface area (Å²) in [7, 11) is 0. The van der Waals surface area contributed by atoms with Crippen molar-refractivity contribution in [1.29, 1.82) is 0 Å². The Balaban J connectivity index is 1.57. The van der Waals surface area contributed by atoms with E-state index in [4.69, 9.17) is 11.5 Å². The van der Waals surface area contributed by atoms with Crippen molar-refractivity contribution in [2.24, 2.45) is 17.4 Å². The second-order valence-electron chi connectivity index (χ2n) is 8.09. The summed E-state index contributed by atoms with van der Waals surface area (Å²) in [6.45, 7) is 7.64. The number of hydrogen-bond acceptors (Lipinski definition) is 7. The van der Waals surface area contributed by atoms with E-state index in [2.05, 4.69) is 60.6 Å². The lowest BCUT2D eigenvalue weighted by atomic mass is 10.2. The Hall–Kier alpha value is -2.69. The number of nitrogens with one attached hydrogen (secondary N) is 4. The van der Waals surface area contributed by atoms with Crippen LogP contribution in [0.3, 0.4) is 0 Å². The van der Waals surface area contributed by atoms with Crippen molar-refractivity contribution in [3.63, 3.8) is 0 Å². The number of aromatic amines is 1. The number of rotatable bonds is 12. The molecular weight excluding hydrogens is 484 g/mol. The monoisotopic (exact) mass is 517 g/mol. The summed E-state index contributed by atoms with van der Waals surface area (Å²) < 4.78 is 0.737. The highest BCUT2D eigenvalue weighted by Gasteiger charge is 2.27. The molecule has 1 amide bonds. The predicted octanol–water partition coefficient (Wildman–Crippen LogP) is 2.42. The molecule has 33 heavy (non-hydrogen) atoms. The molecule has 178 valence electrons. The predicted molar refractivity (Wildman–Crippen MR) is 135 cm³/mol. The van der Waals surface area contributed by atoms with Crippen LogP contribution >= 0.6 is 15.9 Å². The third kappa shape index (κ3) is 7.69. The Morgan fingerprint density at radius 1 is 1.30 bits per heavy atom. The van der Waals surface area contributed by atoms with Crippen molar-refractivity contribution in [3.05, 3.63) is 52.4 Å². The molecule has 1 heterocycles. The highest BCUT2D eigenvalue weighted by atomic mass is 79.9. The van der Waals surface area contributed by atoms with Crippen LogP contribution in [0.25, 0.3) is 0 Å². The molecule has 1 saturated carbocycles. The van der Waals surface area contributed by atoms with E-state index < -0.39 is 0 Å². The van der Waals surface area contributed by atoms with Crippen molar-refractivity contribution in [1.82, 2.24) is 15.2 Å². The fourth-order valence-electron chi connectivity index (χ4n) is 3.36. The second kappa shape index (κ2) is 12.0. The van der Waals surface area contributed by atoms with Gasteiger partial charge in [-0.1, -0.05) is 18.8 Å². The molecule has 1 aromatic carbocycles. The molecule has 1 aliphatic carbocycles. The van der Waals surface area contributed by atoms with Crippen LogP contribution in [0.2, 0.25) is 0 Å². The highest BCUT2D eigenvalue weighted by molar-refractivity contribution is 9.10. The van der Waals surface area contributed by atoms with E-state index in [0.717, 1.165) is 42.6 Å². The SMILES string of the molecule is CCN(CC)CCNC(=O)c1ccc(Nc2nc(N/C(N)=C/C(N)C3CC3)c(Br)c[nH+]2)cc1. The van der Waals surface area contributed by atoms with Gasteiger partial charge in [0, 0.05) is 24.7 Å². The van der Waals surface area contributed by atoms with Crippen LogP contribution in [0.15, 0.2) is 46.8 Å². The van der Waals surface area contributed by atoms with Crippen LogP contribution in [0, 0.1) is 5.92 Å². The Morgan fingerprint density at radius 2 is 2.00 bits per heavy atom. The molecule has 0 bridgehead atoms. The van der Waals surface area contributed by atoms with Gasteiger partial charge in [0.1, 0.15) is 10.3 Å². The van der Waals surface area contributed by atoms with E-state index >= 15 is 0 Å². The van der Waals surface area contributed by atoms with Crippen LogP contribution < -0.4 is 32.4 Å². The standard InChI is InChI=1S/C23H33BrN8O/c1-3-32(4-2)12-11-27-22(33)16-7-9-17(10-8-16)29-23-28-14-18(24)21(31-23)30-20(26)13-19(25)15-5-6-15/h7-10,13-15,19H,3-6,11-12,25-26H2,1-2H3,(H,27,33)(H2,28,29,30,31)/p+1/b20-13+. The first kappa shape index (κ1) is 24.9. The molecule has 3 rings (SSSR count). The van der Waals surface area contributed by atoms with Crippen LogP contribution in [-0.2, 0) is 0 Å². The van der Waals surface area contributed by atoms with Gasteiger partial charge in [0.2, 0.25) is 5.82 Å². The smallest absolute Gasteiger partial charge is 0.385 e. The Morgan fingerprint density at radius 3 is 2.64 bits per heavy atom. The molecule has 1 aliphatic rings. The van der Waals surface area contributed by atoms with Gasteiger partial charge in [-0.3, -0.25) is 4.79 Å². The Bertz CT molecular complexity index is 957. The minimum absolute atomic E-state index is 0.0444. The van der Waals surface area contributed by atoms with Crippen molar-refractivity contribution in [2.75, 3.05) is 36.8 Å². The number of amides is 1. The van der Waals surface area contributed by atoms with Crippen molar-refractivity contribution < 1.29 is 9.78 Å². The quantitative estimate of drug-likeness (QED) is 0.291. The molecule has 1 atom stereocenters. The lowest BCUT2D eigenvalue weighted by Crippen LogP contribution is -2.34. The van der Waals surface area contributed by atoms with Gasteiger partial charge in [-0.25, -0.2) is 10.3 Å². The van der Waals surface area contributed by atoms with Gasteiger partial charge in [-0.15, -0.1) is 0 Å². The minimum atomic E-state index is -0.0832. The zero-order chi connectivity index (χ0) is 23.8. The number of aromatic nitrogens is 2. The fourth-order valence-corrected chi connectivity index (χ4v) is 3.67. The molecule has 9 nitrogen and oxygen atoms in total. The average Bonchev–Trinajstić information content (AvgIpc) is 3.65.